The van der Waals surface area contributed by atoms with E-state index in [4.69, 9.17) is 9.47 Å². The Kier molecular flexibility index (Phi) is 12.0. The number of carbonyl (C=O) groups is 2. The molecule has 0 N–H and O–H groups in total. The van der Waals surface area contributed by atoms with Crippen molar-refractivity contribution in [2.45, 2.75) is 53.6 Å². The zero-order valence-corrected chi connectivity index (χ0v) is 19.2. The molecule has 0 amide bonds. The number of rotatable bonds is 9. The average Bonchev–Trinajstić information content (AvgIpc) is 2.75. The number of halogens is 1. The maximum atomic E-state index is 12.5. The van der Waals surface area contributed by atoms with Crippen molar-refractivity contribution in [2.24, 2.45) is 0 Å². The lowest BCUT2D eigenvalue weighted by Crippen LogP contribution is -2.21. The summed E-state index contributed by atoms with van der Waals surface area (Å²) in [4.78, 5) is 25.2. The molecule has 0 bridgehead atoms. The number of nitrogens with zero attached hydrogens (tertiary/aromatic N) is 1. The summed E-state index contributed by atoms with van der Waals surface area (Å²) in [6.07, 6.45) is 1.76. The van der Waals surface area contributed by atoms with Gasteiger partial charge in [-0.1, -0.05) is 13.3 Å². The zero-order valence-electron chi connectivity index (χ0n) is 19.2. The Morgan fingerprint density at radius 1 is 0.871 bits per heavy atom. The molecule has 0 atom stereocenters. The fraction of sp³-hybridized carbons (Fsp3) is 0.440. The highest BCUT2D eigenvalue weighted by Crippen LogP contribution is 2.15. The van der Waals surface area contributed by atoms with Gasteiger partial charge in [-0.05, 0) is 82.6 Å². The van der Waals surface area contributed by atoms with Crippen LogP contribution in [0.5, 0.6) is 0 Å². The van der Waals surface area contributed by atoms with Crippen LogP contribution >= 0.6 is 0 Å². The fourth-order valence-electron chi connectivity index (χ4n) is 2.66. The maximum absolute atomic E-state index is 12.5. The van der Waals surface area contributed by atoms with E-state index in [1.165, 1.54) is 24.3 Å². The summed E-state index contributed by atoms with van der Waals surface area (Å²) in [5.41, 5.74) is 2.13. The molecule has 2 rings (SSSR count). The lowest BCUT2D eigenvalue weighted by atomic mass is 10.2. The highest BCUT2D eigenvalue weighted by Gasteiger charge is 2.10. The highest BCUT2D eigenvalue weighted by atomic mass is 19.1. The Balaban J connectivity index is 0.000000316. The fourth-order valence-corrected chi connectivity index (χ4v) is 2.66. The second-order valence-electron chi connectivity index (χ2n) is 7.17. The van der Waals surface area contributed by atoms with Gasteiger partial charge in [-0.3, -0.25) is 0 Å². The van der Waals surface area contributed by atoms with E-state index in [9.17, 15) is 14.0 Å². The number of benzene rings is 2. The van der Waals surface area contributed by atoms with Crippen LogP contribution in [0.3, 0.4) is 0 Å². The molecular formula is C25H34FNO4. The van der Waals surface area contributed by atoms with E-state index in [-0.39, 0.29) is 17.9 Å². The first-order chi connectivity index (χ1) is 14.8. The number of esters is 2. The van der Waals surface area contributed by atoms with E-state index < -0.39 is 5.97 Å². The van der Waals surface area contributed by atoms with Gasteiger partial charge in [0.1, 0.15) is 5.82 Å². The van der Waals surface area contributed by atoms with Crippen molar-refractivity contribution in [2.75, 3.05) is 24.6 Å². The molecule has 0 aromatic heterocycles. The van der Waals surface area contributed by atoms with Gasteiger partial charge in [0, 0.05) is 18.8 Å². The van der Waals surface area contributed by atoms with Gasteiger partial charge in [-0.2, -0.15) is 0 Å². The highest BCUT2D eigenvalue weighted by molar-refractivity contribution is 5.90. The largest absolute Gasteiger partial charge is 0.462 e. The third-order valence-corrected chi connectivity index (χ3v) is 4.39. The first-order valence-corrected chi connectivity index (χ1v) is 10.8. The molecule has 0 radical (unpaired) electrons. The molecule has 0 saturated carbocycles. The van der Waals surface area contributed by atoms with Crippen LogP contribution in [0.4, 0.5) is 10.1 Å². The van der Waals surface area contributed by atoms with Gasteiger partial charge in [0.05, 0.1) is 23.8 Å². The van der Waals surface area contributed by atoms with Crippen molar-refractivity contribution in [1.29, 1.82) is 0 Å². The first kappa shape index (κ1) is 26.1. The minimum absolute atomic E-state index is 0.0787. The number of hydrogen-bond donors (Lipinski definition) is 0. The topological polar surface area (TPSA) is 55.8 Å². The van der Waals surface area contributed by atoms with Gasteiger partial charge in [0.25, 0.3) is 0 Å². The minimum atomic E-state index is -0.390. The molecule has 2 aromatic carbocycles. The molecule has 2 aromatic rings. The summed E-state index contributed by atoms with van der Waals surface area (Å²) in [6, 6.07) is 12.9. The summed E-state index contributed by atoms with van der Waals surface area (Å²) < 4.78 is 22.6. The van der Waals surface area contributed by atoms with E-state index in [1.807, 2.05) is 45.0 Å². The molecule has 0 spiro atoms. The van der Waals surface area contributed by atoms with Crippen molar-refractivity contribution in [1.82, 2.24) is 0 Å². The quantitative estimate of drug-likeness (QED) is 0.366. The van der Waals surface area contributed by atoms with Gasteiger partial charge in [-0.25, -0.2) is 14.0 Å². The maximum Gasteiger partial charge on any atom is 0.338 e. The molecule has 0 fully saturated rings. The predicted octanol–water partition coefficient (Wildman–Crippen LogP) is 5.88. The lowest BCUT2D eigenvalue weighted by Gasteiger charge is -2.21. The SMILES string of the molecule is CCCCOC(=O)c1ccc(F)cc1.CCN(CC)c1ccc(C(=O)OC(C)C)cc1. The Morgan fingerprint density at radius 3 is 1.87 bits per heavy atom. The molecular weight excluding hydrogens is 397 g/mol. The van der Waals surface area contributed by atoms with E-state index in [1.54, 1.807) is 0 Å². The smallest absolute Gasteiger partial charge is 0.338 e. The third kappa shape index (κ3) is 9.64. The molecule has 31 heavy (non-hydrogen) atoms. The first-order valence-electron chi connectivity index (χ1n) is 10.8. The second kappa shape index (κ2) is 14.2. The monoisotopic (exact) mass is 431 g/mol. The third-order valence-electron chi connectivity index (χ3n) is 4.39. The van der Waals surface area contributed by atoms with Crippen molar-refractivity contribution in [3.8, 4) is 0 Å². The van der Waals surface area contributed by atoms with Crippen LogP contribution in [-0.2, 0) is 9.47 Å². The molecule has 0 aliphatic heterocycles. The number of carbonyl (C=O) groups excluding carboxylic acids is 2. The number of unbranched alkanes of at least 4 members (excludes halogenated alkanes) is 1. The van der Waals surface area contributed by atoms with Gasteiger partial charge in [0.2, 0.25) is 0 Å². The zero-order chi connectivity index (χ0) is 23.2. The molecule has 0 aliphatic carbocycles. The Morgan fingerprint density at radius 2 is 1.39 bits per heavy atom. The molecule has 0 unspecified atom stereocenters. The van der Waals surface area contributed by atoms with Crippen LogP contribution in [0, 0.1) is 5.82 Å². The molecule has 0 saturated heterocycles. The van der Waals surface area contributed by atoms with E-state index >= 15 is 0 Å². The van der Waals surface area contributed by atoms with Gasteiger partial charge >= 0.3 is 11.9 Å². The molecule has 0 heterocycles. The second-order valence-corrected chi connectivity index (χ2v) is 7.17. The summed E-state index contributed by atoms with van der Waals surface area (Å²) in [5.74, 6) is -1.00. The normalized spacial score (nSPS) is 10.2. The molecule has 6 heteroatoms. The summed E-state index contributed by atoms with van der Waals surface area (Å²) >= 11 is 0. The average molecular weight is 432 g/mol. The number of ether oxygens (including phenoxy) is 2. The van der Waals surface area contributed by atoms with Crippen molar-refractivity contribution in [3.63, 3.8) is 0 Å². The van der Waals surface area contributed by atoms with Crippen LogP contribution in [0.15, 0.2) is 48.5 Å². The van der Waals surface area contributed by atoms with E-state index in [0.717, 1.165) is 31.6 Å². The predicted molar refractivity (Wildman–Crippen MR) is 122 cm³/mol. The van der Waals surface area contributed by atoms with Crippen LogP contribution in [0.25, 0.3) is 0 Å². The van der Waals surface area contributed by atoms with Gasteiger partial charge in [-0.15, -0.1) is 0 Å². The number of anilines is 1. The number of hydrogen-bond acceptors (Lipinski definition) is 5. The Labute approximate surface area is 185 Å². The molecule has 5 nitrogen and oxygen atoms in total. The molecule has 0 aliphatic rings. The van der Waals surface area contributed by atoms with E-state index in [2.05, 4.69) is 18.7 Å². The summed E-state index contributed by atoms with van der Waals surface area (Å²) in [5, 5.41) is 0. The molecule has 170 valence electrons. The Bertz CT molecular complexity index is 784. The summed E-state index contributed by atoms with van der Waals surface area (Å²) in [6.45, 7) is 12.3. The van der Waals surface area contributed by atoms with Crippen molar-refractivity contribution < 1.29 is 23.5 Å². The van der Waals surface area contributed by atoms with E-state index in [0.29, 0.717) is 17.7 Å². The van der Waals surface area contributed by atoms with Crippen LogP contribution in [0.2, 0.25) is 0 Å². The lowest BCUT2D eigenvalue weighted by molar-refractivity contribution is 0.0377. The van der Waals surface area contributed by atoms with Crippen LogP contribution < -0.4 is 4.90 Å². The van der Waals surface area contributed by atoms with Crippen LogP contribution in [-0.4, -0.2) is 37.7 Å². The Hall–Kier alpha value is -2.89. The minimum Gasteiger partial charge on any atom is -0.462 e. The van der Waals surface area contributed by atoms with Crippen molar-refractivity contribution >= 4 is 17.6 Å². The summed E-state index contributed by atoms with van der Waals surface area (Å²) in [7, 11) is 0. The van der Waals surface area contributed by atoms with Crippen molar-refractivity contribution in [3.05, 3.63) is 65.5 Å². The van der Waals surface area contributed by atoms with Gasteiger partial charge < -0.3 is 14.4 Å². The van der Waals surface area contributed by atoms with Gasteiger partial charge in [0.15, 0.2) is 0 Å². The van der Waals surface area contributed by atoms with Crippen LogP contribution in [0.1, 0.15) is 68.2 Å². The standard InChI is InChI=1S/C14H21NO2.C11H13FO2/c1-5-15(6-2)13-9-7-12(8-10-13)14(16)17-11(3)4;1-2-3-8-14-11(13)9-4-6-10(12)7-5-9/h7-11H,5-6H2,1-4H3;4-7H,2-3,8H2,1H3.